The number of allylic oxidation sites excluding steroid dienone is 1. The highest BCUT2D eigenvalue weighted by atomic mass is 16.5. The van der Waals surface area contributed by atoms with Gasteiger partial charge in [-0.3, -0.25) is 14.4 Å². The number of carbonyl (C=O) groups is 3. The van der Waals surface area contributed by atoms with E-state index in [1.807, 2.05) is 13.8 Å². The molecular formula is C24H30N8O6. The topological polar surface area (TPSA) is 184 Å². The van der Waals surface area contributed by atoms with Crippen LogP contribution in [-0.2, 0) is 16.1 Å². The molecule has 4 N–H and O–H groups in total. The minimum atomic E-state index is -1.39. The van der Waals surface area contributed by atoms with Gasteiger partial charge in [-0.1, -0.05) is 6.08 Å². The van der Waals surface area contributed by atoms with Crippen molar-refractivity contribution >= 4 is 34.8 Å². The number of aromatic nitrogens is 5. The molecule has 202 valence electrons. The summed E-state index contributed by atoms with van der Waals surface area (Å²) < 4.78 is 7.01. The van der Waals surface area contributed by atoms with Gasteiger partial charge in [0.2, 0.25) is 17.7 Å². The summed E-state index contributed by atoms with van der Waals surface area (Å²) in [4.78, 5) is 65.8. The Bertz CT molecular complexity index is 1390. The third-order valence-electron chi connectivity index (χ3n) is 5.19. The van der Waals surface area contributed by atoms with Crippen molar-refractivity contribution in [1.29, 1.82) is 0 Å². The maximum absolute atomic E-state index is 13.0. The molecule has 3 aromatic heterocycles. The molecule has 0 aromatic carbocycles. The predicted molar refractivity (Wildman–Crippen MR) is 138 cm³/mol. The van der Waals surface area contributed by atoms with Crippen LogP contribution < -0.4 is 20.9 Å². The van der Waals surface area contributed by atoms with E-state index in [0.717, 1.165) is 0 Å². The zero-order valence-corrected chi connectivity index (χ0v) is 21.5. The standard InChI is InChI=1S/C24H30N8O6/c1-14(2)38-22-19-20(25-13-26-22)30-17(29-19)12-32-11-7-9-16(23(32)35)27-21(34)15(28-24(36)37)8-5-6-10-18(33)31(3)4/h6-7,9-11,13-15,28H,5,8,12H2,1-4H3,(H,27,34)(H,36,37)(H,25,26,29,30). The smallest absolute Gasteiger partial charge is 0.405 e. The molecule has 3 heterocycles. The van der Waals surface area contributed by atoms with Gasteiger partial charge in [0.25, 0.3) is 5.56 Å². The molecule has 3 aromatic rings. The first-order valence-electron chi connectivity index (χ1n) is 11.8. The molecule has 14 nitrogen and oxygen atoms in total. The van der Waals surface area contributed by atoms with E-state index in [1.54, 1.807) is 26.2 Å². The molecule has 0 saturated carbocycles. The van der Waals surface area contributed by atoms with Crippen molar-refractivity contribution < 1.29 is 24.2 Å². The number of hydrogen-bond acceptors (Lipinski definition) is 8. The molecule has 0 bridgehead atoms. The first-order valence-corrected chi connectivity index (χ1v) is 11.8. The van der Waals surface area contributed by atoms with Gasteiger partial charge in [0.1, 0.15) is 29.4 Å². The number of carbonyl (C=O) groups excluding carboxylic acids is 2. The zero-order chi connectivity index (χ0) is 27.8. The molecule has 0 saturated heterocycles. The average molecular weight is 527 g/mol. The predicted octanol–water partition coefficient (Wildman–Crippen LogP) is 1.35. The van der Waals surface area contributed by atoms with E-state index >= 15 is 0 Å². The largest absolute Gasteiger partial charge is 0.473 e. The molecule has 38 heavy (non-hydrogen) atoms. The van der Waals surface area contributed by atoms with Crippen molar-refractivity contribution in [3.8, 4) is 5.88 Å². The van der Waals surface area contributed by atoms with E-state index in [0.29, 0.717) is 22.9 Å². The summed E-state index contributed by atoms with van der Waals surface area (Å²) in [5.41, 5.74) is 0.328. The second kappa shape index (κ2) is 12.5. The normalized spacial score (nSPS) is 12.0. The molecule has 0 spiro atoms. The third-order valence-corrected chi connectivity index (χ3v) is 5.19. The zero-order valence-electron chi connectivity index (χ0n) is 21.5. The number of amides is 3. The Balaban J connectivity index is 1.74. The van der Waals surface area contributed by atoms with Gasteiger partial charge in [-0.15, -0.1) is 0 Å². The van der Waals surface area contributed by atoms with Gasteiger partial charge in [0, 0.05) is 20.3 Å². The van der Waals surface area contributed by atoms with Crippen LogP contribution in [0.5, 0.6) is 5.88 Å². The number of H-pyrrole nitrogens is 1. The van der Waals surface area contributed by atoms with Crippen LogP contribution in [0.25, 0.3) is 11.2 Å². The number of likely N-dealkylation sites (N-methyl/N-ethyl adjacent to an activating group) is 1. The Morgan fingerprint density at radius 1 is 1.26 bits per heavy atom. The fourth-order valence-electron chi connectivity index (χ4n) is 3.39. The summed E-state index contributed by atoms with van der Waals surface area (Å²) in [7, 11) is 3.20. The van der Waals surface area contributed by atoms with Crippen molar-refractivity contribution in [3.05, 3.63) is 53.0 Å². The number of anilines is 1. The molecular weight excluding hydrogens is 496 g/mol. The summed E-state index contributed by atoms with van der Waals surface area (Å²) >= 11 is 0. The van der Waals surface area contributed by atoms with E-state index in [4.69, 9.17) is 9.84 Å². The van der Waals surface area contributed by atoms with Gasteiger partial charge in [0.05, 0.1) is 12.6 Å². The van der Waals surface area contributed by atoms with Crippen molar-refractivity contribution in [1.82, 2.24) is 34.7 Å². The van der Waals surface area contributed by atoms with Gasteiger partial charge in [0.15, 0.2) is 5.65 Å². The molecule has 0 aliphatic rings. The number of hydrogen-bond donors (Lipinski definition) is 4. The number of ether oxygens (including phenoxy) is 1. The van der Waals surface area contributed by atoms with Gasteiger partial charge in [-0.05, 0) is 44.9 Å². The maximum Gasteiger partial charge on any atom is 0.405 e. The highest BCUT2D eigenvalue weighted by molar-refractivity contribution is 5.96. The second-order valence-corrected chi connectivity index (χ2v) is 8.79. The number of carboxylic acid groups (broad SMARTS) is 1. The highest BCUT2D eigenvalue weighted by Gasteiger charge is 2.21. The molecule has 0 fully saturated rings. The van der Waals surface area contributed by atoms with Gasteiger partial charge >= 0.3 is 6.09 Å². The van der Waals surface area contributed by atoms with Crippen molar-refractivity contribution in [3.63, 3.8) is 0 Å². The summed E-state index contributed by atoms with van der Waals surface area (Å²) in [5, 5.41) is 13.8. The number of fused-ring (bicyclic) bond motifs is 1. The lowest BCUT2D eigenvalue weighted by Gasteiger charge is -2.16. The first kappa shape index (κ1) is 27.8. The highest BCUT2D eigenvalue weighted by Crippen LogP contribution is 2.20. The fraction of sp³-hybridized carbons (Fsp3) is 0.375. The molecule has 0 aliphatic heterocycles. The summed E-state index contributed by atoms with van der Waals surface area (Å²) in [6.07, 6.45) is 4.60. The summed E-state index contributed by atoms with van der Waals surface area (Å²) in [6.45, 7) is 3.77. The lowest BCUT2D eigenvalue weighted by Crippen LogP contribution is -2.44. The van der Waals surface area contributed by atoms with E-state index in [2.05, 4.69) is 30.6 Å². The molecule has 3 rings (SSSR count). The molecule has 3 amide bonds. The van der Waals surface area contributed by atoms with Crippen LogP contribution in [0.15, 0.2) is 41.6 Å². The Kier molecular flexibility index (Phi) is 9.13. The Morgan fingerprint density at radius 3 is 2.71 bits per heavy atom. The third kappa shape index (κ3) is 7.38. The average Bonchev–Trinajstić information content (AvgIpc) is 3.26. The minimum absolute atomic E-state index is 0.0345. The summed E-state index contributed by atoms with van der Waals surface area (Å²) in [5.74, 6) is -0.176. The maximum atomic E-state index is 13.0. The Morgan fingerprint density at radius 2 is 2.03 bits per heavy atom. The van der Waals surface area contributed by atoms with Crippen molar-refractivity contribution in [2.45, 2.75) is 45.4 Å². The second-order valence-electron chi connectivity index (χ2n) is 8.79. The lowest BCUT2D eigenvalue weighted by molar-refractivity contribution is -0.123. The lowest BCUT2D eigenvalue weighted by atomic mass is 10.1. The monoisotopic (exact) mass is 526 g/mol. The van der Waals surface area contributed by atoms with Crippen LogP contribution in [0.2, 0.25) is 0 Å². The van der Waals surface area contributed by atoms with Gasteiger partial charge in [-0.2, -0.15) is 4.98 Å². The SMILES string of the molecule is CC(C)Oc1ncnc2nc(Cn3cccc(NC(=O)C(CCC=CC(=O)N(C)C)NC(=O)O)c3=O)[nH]c12. The minimum Gasteiger partial charge on any atom is -0.473 e. The first-order chi connectivity index (χ1) is 18.0. The van der Waals surface area contributed by atoms with E-state index in [1.165, 1.54) is 34.1 Å². The Hall–Kier alpha value is -4.75. The summed E-state index contributed by atoms with van der Waals surface area (Å²) in [6, 6.07) is 1.85. The van der Waals surface area contributed by atoms with Crippen LogP contribution >= 0.6 is 0 Å². The number of pyridine rings is 1. The van der Waals surface area contributed by atoms with Crippen molar-refractivity contribution in [2.24, 2.45) is 0 Å². The van der Waals surface area contributed by atoms with Crippen molar-refractivity contribution in [2.75, 3.05) is 19.4 Å². The van der Waals surface area contributed by atoms with E-state index < -0.39 is 23.6 Å². The molecule has 0 radical (unpaired) electrons. The van der Waals surface area contributed by atoms with Crippen LogP contribution in [0.1, 0.15) is 32.5 Å². The number of aromatic amines is 1. The van der Waals surface area contributed by atoms with Gasteiger partial charge in [-0.25, -0.2) is 14.8 Å². The number of nitrogens with zero attached hydrogens (tertiary/aromatic N) is 5. The fourth-order valence-corrected chi connectivity index (χ4v) is 3.39. The van der Waals surface area contributed by atoms with Crippen LogP contribution in [0.4, 0.5) is 10.5 Å². The molecule has 1 unspecified atom stereocenters. The van der Waals surface area contributed by atoms with E-state index in [-0.39, 0.29) is 37.1 Å². The van der Waals surface area contributed by atoms with Crippen LogP contribution in [0.3, 0.4) is 0 Å². The van der Waals surface area contributed by atoms with Gasteiger partial charge < -0.3 is 34.9 Å². The van der Waals surface area contributed by atoms with Crippen LogP contribution in [-0.4, -0.2) is 78.7 Å². The van der Waals surface area contributed by atoms with E-state index in [9.17, 15) is 19.2 Å². The Labute approximate surface area is 217 Å². The van der Waals surface area contributed by atoms with Crippen LogP contribution in [0, 0.1) is 0 Å². The number of imidazole rings is 1. The molecule has 1 atom stereocenters. The number of nitrogens with one attached hydrogen (secondary N) is 3. The number of rotatable bonds is 11. The molecule has 0 aliphatic carbocycles. The quantitative estimate of drug-likeness (QED) is 0.268. The molecule has 14 heteroatoms.